The largest absolute Gasteiger partial charge is 0.497 e. The Morgan fingerprint density at radius 2 is 2.05 bits per heavy atom. The van der Waals surface area contributed by atoms with Crippen LogP contribution in [0, 0.1) is 6.92 Å². The maximum atomic E-state index is 6.16. The van der Waals surface area contributed by atoms with E-state index >= 15 is 0 Å². The molecule has 0 aliphatic heterocycles. The highest BCUT2D eigenvalue weighted by Crippen LogP contribution is 2.36. The molecule has 0 aliphatic carbocycles. The van der Waals surface area contributed by atoms with Crippen LogP contribution in [0.2, 0.25) is 5.15 Å². The van der Waals surface area contributed by atoms with Crippen LogP contribution >= 0.6 is 22.9 Å². The van der Waals surface area contributed by atoms with Gasteiger partial charge in [-0.25, -0.2) is 9.97 Å². The quantitative estimate of drug-likeness (QED) is 0.659. The van der Waals surface area contributed by atoms with Gasteiger partial charge in [0.25, 0.3) is 0 Å². The van der Waals surface area contributed by atoms with Gasteiger partial charge in [0.2, 0.25) is 0 Å². The topological polar surface area (TPSA) is 35.0 Å². The lowest BCUT2D eigenvalue weighted by Gasteiger charge is -2.01. The summed E-state index contributed by atoms with van der Waals surface area (Å²) < 4.78 is 6.17. The Balaban J connectivity index is 2.17. The molecule has 96 valence electrons. The average Bonchev–Trinajstić information content (AvgIpc) is 2.83. The normalized spacial score (nSPS) is 10.9. The summed E-state index contributed by atoms with van der Waals surface area (Å²) in [5.74, 6) is 1.52. The van der Waals surface area contributed by atoms with E-state index in [9.17, 15) is 0 Å². The minimum absolute atomic E-state index is 0.515. The van der Waals surface area contributed by atoms with Gasteiger partial charge in [0.15, 0.2) is 5.15 Å². The van der Waals surface area contributed by atoms with Crippen LogP contribution in [-0.4, -0.2) is 17.1 Å². The van der Waals surface area contributed by atoms with E-state index in [4.69, 9.17) is 16.3 Å². The van der Waals surface area contributed by atoms with Crippen LogP contribution in [-0.2, 0) is 0 Å². The lowest BCUT2D eigenvalue weighted by Crippen LogP contribution is -1.86. The van der Waals surface area contributed by atoms with E-state index in [-0.39, 0.29) is 0 Å². The van der Waals surface area contributed by atoms with E-state index in [1.165, 1.54) is 0 Å². The molecule has 5 heteroatoms. The highest BCUT2D eigenvalue weighted by atomic mass is 35.5. The van der Waals surface area contributed by atoms with Gasteiger partial charge in [0.05, 0.1) is 17.3 Å². The first-order valence-electron chi connectivity index (χ1n) is 5.75. The summed E-state index contributed by atoms with van der Waals surface area (Å²) in [5, 5.41) is 0.515. The molecule has 3 rings (SSSR count). The van der Waals surface area contributed by atoms with Crippen LogP contribution < -0.4 is 4.74 Å². The monoisotopic (exact) mass is 290 g/mol. The minimum Gasteiger partial charge on any atom is -0.497 e. The predicted octanol–water partition coefficient (Wildman–Crippen LogP) is 4.33. The molecule has 2 aromatic heterocycles. The van der Waals surface area contributed by atoms with Crippen LogP contribution in [0.3, 0.4) is 0 Å². The average molecular weight is 291 g/mol. The highest BCUT2D eigenvalue weighted by Gasteiger charge is 2.10. The second kappa shape index (κ2) is 4.79. The second-order valence-corrected chi connectivity index (χ2v) is 5.53. The third kappa shape index (κ3) is 2.29. The van der Waals surface area contributed by atoms with Crippen molar-refractivity contribution in [2.24, 2.45) is 0 Å². The number of nitrogens with zero attached hydrogens (tertiary/aromatic N) is 2. The summed E-state index contributed by atoms with van der Waals surface area (Å²) >= 11 is 7.75. The van der Waals surface area contributed by atoms with Crippen molar-refractivity contribution in [1.82, 2.24) is 9.97 Å². The predicted molar refractivity (Wildman–Crippen MR) is 79.2 cm³/mol. The molecule has 2 heterocycles. The Morgan fingerprint density at radius 3 is 2.84 bits per heavy atom. The highest BCUT2D eigenvalue weighted by molar-refractivity contribution is 7.22. The van der Waals surface area contributed by atoms with Crippen molar-refractivity contribution >= 4 is 33.2 Å². The van der Waals surface area contributed by atoms with Gasteiger partial charge < -0.3 is 4.74 Å². The van der Waals surface area contributed by atoms with E-state index in [2.05, 4.69) is 9.97 Å². The molecular weight excluding hydrogens is 280 g/mol. The molecule has 0 aliphatic rings. The first-order valence-corrected chi connectivity index (χ1v) is 6.95. The van der Waals surface area contributed by atoms with Crippen LogP contribution in [0.1, 0.15) is 5.82 Å². The molecular formula is C14H11ClN2OS. The number of halogens is 1. The van der Waals surface area contributed by atoms with Crippen molar-refractivity contribution in [1.29, 1.82) is 0 Å². The van der Waals surface area contributed by atoms with Crippen LogP contribution in [0.15, 0.2) is 30.3 Å². The second-order valence-electron chi connectivity index (χ2n) is 4.12. The molecule has 0 bridgehead atoms. The lowest BCUT2D eigenvalue weighted by molar-refractivity contribution is 0.415. The molecule has 3 nitrogen and oxygen atoms in total. The summed E-state index contributed by atoms with van der Waals surface area (Å²) in [6, 6.07) is 9.97. The summed E-state index contributed by atoms with van der Waals surface area (Å²) in [6.07, 6.45) is 0. The molecule has 0 N–H and O–H groups in total. The third-order valence-corrected chi connectivity index (χ3v) is 4.36. The molecule has 0 fully saturated rings. The Kier molecular flexibility index (Phi) is 3.12. The van der Waals surface area contributed by atoms with Gasteiger partial charge in [-0.1, -0.05) is 23.7 Å². The zero-order valence-electron chi connectivity index (χ0n) is 10.5. The van der Waals surface area contributed by atoms with Gasteiger partial charge in [-0.2, -0.15) is 0 Å². The fourth-order valence-corrected chi connectivity index (χ4v) is 3.23. The number of thiophene rings is 1. The summed E-state index contributed by atoms with van der Waals surface area (Å²) in [5.41, 5.74) is 1.98. The number of methoxy groups -OCH3 is 1. The number of aromatic nitrogens is 2. The molecule has 0 unspecified atom stereocenters. The van der Waals surface area contributed by atoms with E-state index in [0.29, 0.717) is 11.0 Å². The van der Waals surface area contributed by atoms with Crippen molar-refractivity contribution < 1.29 is 4.74 Å². The maximum absolute atomic E-state index is 6.16. The van der Waals surface area contributed by atoms with Crippen molar-refractivity contribution in [3.05, 3.63) is 41.3 Å². The molecule has 0 spiro atoms. The summed E-state index contributed by atoms with van der Waals surface area (Å²) in [7, 11) is 1.66. The number of aryl methyl sites for hydroxylation is 1. The minimum atomic E-state index is 0.515. The molecule has 0 saturated heterocycles. The van der Waals surface area contributed by atoms with Gasteiger partial charge in [-0.05, 0) is 30.7 Å². The molecule has 19 heavy (non-hydrogen) atoms. The van der Waals surface area contributed by atoms with Gasteiger partial charge in [0, 0.05) is 4.88 Å². The third-order valence-electron chi connectivity index (χ3n) is 2.80. The molecule has 0 amide bonds. The lowest BCUT2D eigenvalue weighted by atomic mass is 10.2. The number of fused-ring (bicyclic) bond motifs is 1. The standard InChI is InChI=1S/C14H11ClN2OS/c1-8-16-11-7-12(19-13(11)14(15)17-8)9-4-3-5-10(6-9)18-2/h3-7H,1-2H3. The fraction of sp³-hybridized carbons (Fsp3) is 0.143. The van der Waals surface area contributed by atoms with Crippen LogP contribution in [0.25, 0.3) is 20.7 Å². The Bertz CT molecular complexity index is 754. The summed E-state index contributed by atoms with van der Waals surface area (Å²) in [4.78, 5) is 9.70. The van der Waals surface area contributed by atoms with E-state index < -0.39 is 0 Å². The number of ether oxygens (including phenoxy) is 1. The zero-order valence-corrected chi connectivity index (χ0v) is 12.0. The first-order chi connectivity index (χ1) is 9.17. The van der Waals surface area contributed by atoms with Crippen molar-refractivity contribution in [2.45, 2.75) is 6.92 Å². The molecule has 0 saturated carbocycles. The summed E-state index contributed by atoms with van der Waals surface area (Å²) in [6.45, 7) is 1.84. The molecule has 3 aromatic rings. The molecule has 1 aromatic carbocycles. The first kappa shape index (κ1) is 12.4. The van der Waals surface area contributed by atoms with Gasteiger partial charge in [-0.3, -0.25) is 0 Å². The van der Waals surface area contributed by atoms with Gasteiger partial charge in [-0.15, -0.1) is 11.3 Å². The van der Waals surface area contributed by atoms with E-state index in [1.54, 1.807) is 18.4 Å². The SMILES string of the molecule is COc1cccc(-c2cc3nc(C)nc(Cl)c3s2)c1. The van der Waals surface area contributed by atoms with Crippen LogP contribution in [0.4, 0.5) is 0 Å². The van der Waals surface area contributed by atoms with E-state index in [0.717, 1.165) is 26.4 Å². The van der Waals surface area contributed by atoms with Crippen molar-refractivity contribution in [3.8, 4) is 16.2 Å². The van der Waals surface area contributed by atoms with Gasteiger partial charge >= 0.3 is 0 Å². The molecule has 0 radical (unpaired) electrons. The number of benzene rings is 1. The number of hydrogen-bond donors (Lipinski definition) is 0. The number of hydrogen-bond acceptors (Lipinski definition) is 4. The van der Waals surface area contributed by atoms with E-state index in [1.807, 2.05) is 37.3 Å². The Labute approximate surface area is 119 Å². The number of rotatable bonds is 2. The van der Waals surface area contributed by atoms with Gasteiger partial charge in [0.1, 0.15) is 11.6 Å². The zero-order chi connectivity index (χ0) is 13.4. The maximum Gasteiger partial charge on any atom is 0.150 e. The fourth-order valence-electron chi connectivity index (χ4n) is 1.92. The van der Waals surface area contributed by atoms with Crippen molar-refractivity contribution in [3.63, 3.8) is 0 Å². The van der Waals surface area contributed by atoms with Crippen molar-refractivity contribution in [2.75, 3.05) is 7.11 Å². The molecule has 0 atom stereocenters. The Morgan fingerprint density at radius 1 is 1.21 bits per heavy atom. The Hall–Kier alpha value is -1.65. The van der Waals surface area contributed by atoms with Crippen LogP contribution in [0.5, 0.6) is 5.75 Å². The smallest absolute Gasteiger partial charge is 0.150 e.